The van der Waals surface area contributed by atoms with Crippen molar-refractivity contribution < 1.29 is 14.3 Å². The van der Waals surface area contributed by atoms with Crippen molar-refractivity contribution in [2.24, 2.45) is 7.05 Å². The number of fused-ring (bicyclic) bond motifs is 1. The zero-order valence-electron chi connectivity index (χ0n) is 17.2. The maximum Gasteiger partial charge on any atom is 0.308 e. The highest BCUT2D eigenvalue weighted by Crippen LogP contribution is 2.33. The van der Waals surface area contributed by atoms with Crippen LogP contribution in [0.2, 0.25) is 0 Å². The Bertz CT molecular complexity index is 996. The highest BCUT2D eigenvalue weighted by Gasteiger charge is 2.19. The standard InChI is InChI=1S/C22H28N2O4/c1-14(2)7-6-8-15(3)11-12-27-20-18-10-9-17(23)13-19(18)24(5)22(26)21(20)28-16(4)25/h7,9-11,13H,6,8,12,23H2,1-5H3. The molecule has 0 atom stereocenters. The number of carbonyl (C=O) groups excluding carboxylic acids is 1. The fourth-order valence-corrected chi connectivity index (χ4v) is 2.83. The number of pyridine rings is 1. The van der Waals surface area contributed by atoms with E-state index in [0.29, 0.717) is 16.6 Å². The van der Waals surface area contributed by atoms with Crippen LogP contribution in [0.25, 0.3) is 10.9 Å². The van der Waals surface area contributed by atoms with Crippen LogP contribution in [0.15, 0.2) is 46.3 Å². The number of aromatic nitrogens is 1. The maximum absolute atomic E-state index is 12.7. The third-order valence-corrected chi connectivity index (χ3v) is 4.33. The van der Waals surface area contributed by atoms with E-state index < -0.39 is 11.5 Å². The zero-order valence-corrected chi connectivity index (χ0v) is 17.2. The number of allylic oxidation sites excluding steroid dienone is 3. The molecule has 0 saturated heterocycles. The number of hydrogen-bond acceptors (Lipinski definition) is 5. The van der Waals surface area contributed by atoms with Gasteiger partial charge in [0.05, 0.1) is 5.52 Å². The van der Waals surface area contributed by atoms with Crippen LogP contribution in [-0.2, 0) is 11.8 Å². The fourth-order valence-electron chi connectivity index (χ4n) is 2.83. The summed E-state index contributed by atoms with van der Waals surface area (Å²) in [4.78, 5) is 24.2. The number of ether oxygens (including phenoxy) is 2. The van der Waals surface area contributed by atoms with Gasteiger partial charge in [-0.1, -0.05) is 17.2 Å². The van der Waals surface area contributed by atoms with Crippen LogP contribution in [0.3, 0.4) is 0 Å². The van der Waals surface area contributed by atoms with Crippen LogP contribution in [0.1, 0.15) is 40.5 Å². The van der Waals surface area contributed by atoms with Gasteiger partial charge in [0.2, 0.25) is 5.75 Å². The van der Waals surface area contributed by atoms with Gasteiger partial charge in [0, 0.05) is 25.0 Å². The van der Waals surface area contributed by atoms with Crippen LogP contribution in [-0.4, -0.2) is 17.1 Å². The van der Waals surface area contributed by atoms with E-state index in [9.17, 15) is 9.59 Å². The van der Waals surface area contributed by atoms with Crippen LogP contribution in [0.5, 0.6) is 11.5 Å². The lowest BCUT2D eigenvalue weighted by Crippen LogP contribution is -2.22. The van der Waals surface area contributed by atoms with Crippen molar-refractivity contribution in [2.75, 3.05) is 12.3 Å². The lowest BCUT2D eigenvalue weighted by molar-refractivity contribution is -0.132. The van der Waals surface area contributed by atoms with Crippen LogP contribution < -0.4 is 20.8 Å². The molecule has 0 aliphatic carbocycles. The quantitative estimate of drug-likeness (QED) is 0.441. The van der Waals surface area contributed by atoms with Gasteiger partial charge in [0.25, 0.3) is 5.56 Å². The Kier molecular flexibility index (Phi) is 7.04. The fraction of sp³-hybridized carbons (Fsp3) is 0.364. The largest absolute Gasteiger partial charge is 0.485 e. The molecule has 28 heavy (non-hydrogen) atoms. The molecule has 1 heterocycles. The van der Waals surface area contributed by atoms with Crippen LogP contribution >= 0.6 is 0 Å². The zero-order chi connectivity index (χ0) is 20.8. The summed E-state index contributed by atoms with van der Waals surface area (Å²) in [5.74, 6) is -0.435. The van der Waals surface area contributed by atoms with Crippen molar-refractivity contribution in [2.45, 2.75) is 40.5 Å². The molecular formula is C22H28N2O4. The molecule has 2 N–H and O–H groups in total. The van der Waals surface area contributed by atoms with E-state index >= 15 is 0 Å². The molecule has 6 heteroatoms. The molecule has 0 aliphatic rings. The van der Waals surface area contributed by atoms with E-state index in [2.05, 4.69) is 19.9 Å². The first-order valence-corrected chi connectivity index (χ1v) is 9.23. The lowest BCUT2D eigenvalue weighted by Gasteiger charge is -2.15. The second-order valence-electron chi connectivity index (χ2n) is 7.07. The minimum Gasteiger partial charge on any atom is -0.485 e. The topological polar surface area (TPSA) is 83.5 Å². The van der Waals surface area contributed by atoms with Gasteiger partial charge in [-0.15, -0.1) is 0 Å². The second kappa shape index (κ2) is 9.26. The predicted molar refractivity (Wildman–Crippen MR) is 113 cm³/mol. The Morgan fingerprint density at radius 3 is 2.50 bits per heavy atom. The van der Waals surface area contributed by atoms with E-state index in [1.165, 1.54) is 22.6 Å². The number of rotatable bonds is 7. The predicted octanol–water partition coefficient (Wildman–Crippen LogP) is 4.12. The summed E-state index contributed by atoms with van der Waals surface area (Å²) in [6, 6.07) is 5.18. The van der Waals surface area contributed by atoms with Gasteiger partial charge >= 0.3 is 5.97 Å². The molecule has 0 radical (unpaired) electrons. The van der Waals surface area contributed by atoms with Gasteiger partial charge in [-0.2, -0.15) is 0 Å². The Labute approximate surface area is 165 Å². The Morgan fingerprint density at radius 1 is 1.14 bits per heavy atom. The van der Waals surface area contributed by atoms with Gasteiger partial charge in [0.15, 0.2) is 5.75 Å². The van der Waals surface area contributed by atoms with Crippen molar-refractivity contribution in [3.63, 3.8) is 0 Å². The number of esters is 1. The highest BCUT2D eigenvalue weighted by molar-refractivity contribution is 5.90. The Hall–Kier alpha value is -3.02. The van der Waals surface area contributed by atoms with Crippen molar-refractivity contribution in [1.29, 1.82) is 0 Å². The summed E-state index contributed by atoms with van der Waals surface area (Å²) in [6.07, 6.45) is 6.06. The molecule has 150 valence electrons. The molecule has 2 rings (SSSR count). The van der Waals surface area contributed by atoms with Gasteiger partial charge in [0.1, 0.15) is 6.61 Å². The average Bonchev–Trinajstić information content (AvgIpc) is 2.61. The lowest BCUT2D eigenvalue weighted by atomic mass is 10.1. The first-order chi connectivity index (χ1) is 13.2. The minimum absolute atomic E-state index is 0.108. The van der Waals surface area contributed by atoms with Crippen LogP contribution in [0, 0.1) is 0 Å². The monoisotopic (exact) mass is 384 g/mol. The summed E-state index contributed by atoms with van der Waals surface area (Å²) >= 11 is 0. The number of hydrogen-bond donors (Lipinski definition) is 1. The Morgan fingerprint density at radius 2 is 1.86 bits per heavy atom. The summed E-state index contributed by atoms with van der Waals surface area (Å²) in [6.45, 7) is 7.71. The number of nitrogen functional groups attached to an aromatic ring is 1. The molecule has 0 spiro atoms. The van der Waals surface area contributed by atoms with E-state index in [-0.39, 0.29) is 18.1 Å². The summed E-state index contributed by atoms with van der Waals surface area (Å²) in [5.41, 5.74) is 9.03. The molecule has 0 saturated carbocycles. The Balaban J connectivity index is 2.38. The summed E-state index contributed by atoms with van der Waals surface area (Å²) in [5, 5.41) is 0.656. The SMILES string of the molecule is CC(=O)Oc1c(OCC=C(C)CCC=C(C)C)c2ccc(N)cc2n(C)c1=O. The number of anilines is 1. The summed E-state index contributed by atoms with van der Waals surface area (Å²) in [7, 11) is 1.61. The van der Waals surface area contributed by atoms with Crippen molar-refractivity contribution in [3.05, 3.63) is 51.9 Å². The molecule has 0 aliphatic heterocycles. The molecule has 1 aromatic carbocycles. The molecule has 1 aromatic heterocycles. The van der Waals surface area contributed by atoms with Gasteiger partial charge < -0.3 is 19.8 Å². The van der Waals surface area contributed by atoms with E-state index in [1.54, 1.807) is 25.2 Å². The number of aryl methyl sites for hydroxylation is 1. The average molecular weight is 384 g/mol. The number of carbonyl (C=O) groups is 1. The third-order valence-electron chi connectivity index (χ3n) is 4.33. The van der Waals surface area contributed by atoms with Crippen LogP contribution in [0.4, 0.5) is 5.69 Å². The molecule has 0 bridgehead atoms. The third kappa shape index (κ3) is 5.25. The smallest absolute Gasteiger partial charge is 0.308 e. The van der Waals surface area contributed by atoms with Crippen molar-refractivity contribution >= 4 is 22.6 Å². The number of benzene rings is 1. The molecule has 0 unspecified atom stereocenters. The molecule has 2 aromatic rings. The molecule has 0 fully saturated rings. The van der Waals surface area contributed by atoms with Gasteiger partial charge in [-0.3, -0.25) is 9.59 Å². The highest BCUT2D eigenvalue weighted by atomic mass is 16.6. The van der Waals surface area contributed by atoms with Crippen molar-refractivity contribution in [1.82, 2.24) is 4.57 Å². The first-order valence-electron chi connectivity index (χ1n) is 9.23. The maximum atomic E-state index is 12.7. The van der Waals surface area contributed by atoms with Crippen molar-refractivity contribution in [3.8, 4) is 11.5 Å². The number of nitrogens with two attached hydrogens (primary N) is 1. The second-order valence-corrected chi connectivity index (χ2v) is 7.07. The normalized spacial score (nSPS) is 11.4. The minimum atomic E-state index is -0.579. The number of nitrogens with zero attached hydrogens (tertiary/aromatic N) is 1. The molecule has 0 amide bonds. The molecular weight excluding hydrogens is 356 g/mol. The van der Waals surface area contributed by atoms with E-state index in [0.717, 1.165) is 12.8 Å². The van der Waals surface area contributed by atoms with Gasteiger partial charge in [-0.05, 0) is 57.9 Å². The molecule has 6 nitrogen and oxygen atoms in total. The summed E-state index contributed by atoms with van der Waals surface area (Å²) < 4.78 is 12.5. The van der Waals surface area contributed by atoms with E-state index in [1.807, 2.05) is 13.0 Å². The first kappa shape index (κ1) is 21.3. The van der Waals surface area contributed by atoms with Gasteiger partial charge in [-0.25, -0.2) is 0 Å². The van der Waals surface area contributed by atoms with E-state index in [4.69, 9.17) is 15.2 Å².